The van der Waals surface area contributed by atoms with Crippen LogP contribution >= 0.6 is 12.6 Å². The molecule has 0 radical (unpaired) electrons. The van der Waals surface area contributed by atoms with Crippen molar-refractivity contribution >= 4 is 18.3 Å². The molecule has 24 heavy (non-hydrogen) atoms. The number of allylic oxidation sites excluding steroid dienone is 1. The minimum atomic E-state index is -0.0254. The van der Waals surface area contributed by atoms with Gasteiger partial charge in [-0.3, -0.25) is 0 Å². The van der Waals surface area contributed by atoms with E-state index in [0.717, 1.165) is 30.1 Å². The van der Waals surface area contributed by atoms with Gasteiger partial charge >= 0.3 is 0 Å². The molecule has 1 atom stereocenters. The molecule has 0 bridgehead atoms. The molecule has 0 aliphatic carbocycles. The molecule has 0 heterocycles. The van der Waals surface area contributed by atoms with Gasteiger partial charge in [-0.05, 0) is 56.5 Å². The molecule has 4 heteroatoms. The zero-order valence-electron chi connectivity index (χ0n) is 15.7. The summed E-state index contributed by atoms with van der Waals surface area (Å²) >= 11 is 4.66. The number of nitrogens with one attached hydrogen (secondary N) is 2. The highest BCUT2D eigenvalue weighted by molar-refractivity contribution is 7.80. The third-order valence-electron chi connectivity index (χ3n) is 4.46. The number of nitrogens with two attached hydrogens (primary N) is 1. The first-order chi connectivity index (χ1) is 11.3. The Hall–Kier alpha value is -1.39. The van der Waals surface area contributed by atoms with Gasteiger partial charge in [-0.1, -0.05) is 38.1 Å². The van der Waals surface area contributed by atoms with Gasteiger partial charge in [-0.25, -0.2) is 0 Å². The normalized spacial score (nSPS) is 13.8. The molecule has 0 aliphatic rings. The molecule has 1 rings (SSSR count). The summed E-state index contributed by atoms with van der Waals surface area (Å²) in [7, 11) is 0. The third-order valence-corrected chi connectivity index (χ3v) is 4.81. The van der Waals surface area contributed by atoms with E-state index in [4.69, 9.17) is 5.73 Å². The molecule has 3 nitrogen and oxygen atoms in total. The first kappa shape index (κ1) is 20.7. The van der Waals surface area contributed by atoms with Crippen LogP contribution in [0.5, 0.6) is 0 Å². The van der Waals surface area contributed by atoms with Crippen LogP contribution < -0.4 is 16.4 Å². The molecule has 4 N–H and O–H groups in total. The average molecular weight is 348 g/mol. The lowest BCUT2D eigenvalue weighted by Gasteiger charge is -2.31. The number of rotatable bonds is 9. The Balaban J connectivity index is 2.76. The van der Waals surface area contributed by atoms with Crippen LogP contribution in [0.4, 0.5) is 5.69 Å². The topological polar surface area (TPSA) is 50.1 Å². The van der Waals surface area contributed by atoms with Gasteiger partial charge < -0.3 is 16.4 Å². The maximum absolute atomic E-state index is 5.52. The first-order valence-electron chi connectivity index (χ1n) is 8.66. The molecule has 0 saturated heterocycles. The lowest BCUT2D eigenvalue weighted by molar-refractivity contribution is 0.310. The highest BCUT2D eigenvalue weighted by Gasteiger charge is 2.23. The third kappa shape index (κ3) is 6.25. The highest BCUT2D eigenvalue weighted by atomic mass is 32.1. The number of aryl methyl sites for hydroxylation is 1. The predicted octanol–water partition coefficient (Wildman–Crippen LogP) is 4.64. The van der Waals surface area contributed by atoms with Crippen molar-refractivity contribution in [2.75, 3.05) is 11.9 Å². The Morgan fingerprint density at radius 3 is 2.58 bits per heavy atom. The fourth-order valence-corrected chi connectivity index (χ4v) is 2.90. The van der Waals surface area contributed by atoms with Crippen LogP contribution in [-0.2, 0) is 6.54 Å². The van der Waals surface area contributed by atoms with Gasteiger partial charge in [0.15, 0.2) is 0 Å². The van der Waals surface area contributed by atoms with Gasteiger partial charge in [0.05, 0.1) is 5.69 Å². The lowest BCUT2D eigenvalue weighted by Crippen LogP contribution is -2.43. The number of hydrogen-bond donors (Lipinski definition) is 4. The van der Waals surface area contributed by atoms with E-state index < -0.39 is 0 Å². The maximum atomic E-state index is 5.52. The molecule has 0 aliphatic heterocycles. The number of benzene rings is 1. The van der Waals surface area contributed by atoms with Crippen molar-refractivity contribution in [2.45, 2.75) is 58.0 Å². The molecule has 134 valence electrons. The van der Waals surface area contributed by atoms with Crippen molar-refractivity contribution in [1.29, 1.82) is 0 Å². The average Bonchev–Trinajstić information content (AvgIpc) is 2.52. The highest BCUT2D eigenvalue weighted by Crippen LogP contribution is 2.27. The summed E-state index contributed by atoms with van der Waals surface area (Å²) in [4.78, 5) is 0.990. The van der Waals surface area contributed by atoms with E-state index in [0.29, 0.717) is 5.92 Å². The van der Waals surface area contributed by atoms with E-state index in [2.05, 4.69) is 82.2 Å². The molecule has 0 spiro atoms. The SMILES string of the molecule is CC/C=C/CNc1c(C)cc(CNC(C)(C)C(C)/C=C\N)cc1S. The molecular formula is C20H33N3S. The second-order valence-electron chi connectivity index (χ2n) is 6.82. The first-order valence-corrected chi connectivity index (χ1v) is 9.11. The fourth-order valence-electron chi connectivity index (χ4n) is 2.48. The van der Waals surface area contributed by atoms with Crippen LogP contribution in [0, 0.1) is 12.8 Å². The van der Waals surface area contributed by atoms with Crippen molar-refractivity contribution < 1.29 is 0 Å². The molecular weight excluding hydrogens is 314 g/mol. The van der Waals surface area contributed by atoms with Crippen molar-refractivity contribution in [2.24, 2.45) is 11.7 Å². The van der Waals surface area contributed by atoms with Gasteiger partial charge in [0.1, 0.15) is 0 Å². The Bertz CT molecular complexity index is 553. The van der Waals surface area contributed by atoms with Crippen LogP contribution in [-0.4, -0.2) is 12.1 Å². The van der Waals surface area contributed by atoms with E-state index >= 15 is 0 Å². The summed E-state index contributed by atoms with van der Waals surface area (Å²) in [6.07, 6.45) is 9.03. The summed E-state index contributed by atoms with van der Waals surface area (Å²) in [5.41, 5.74) is 9.06. The molecule has 0 fully saturated rings. The van der Waals surface area contributed by atoms with Gasteiger partial charge in [-0.15, -0.1) is 12.6 Å². The standard InChI is InChI=1S/C20H33N3S/c1-6-7-8-11-22-19-15(2)12-17(13-18(19)24)14-23-20(4,5)16(3)9-10-21/h7-10,12-13,16,22-24H,6,11,14,21H2,1-5H3/b8-7+,10-9-. The summed E-state index contributed by atoms with van der Waals surface area (Å²) in [5.74, 6) is 0.352. The molecule has 0 amide bonds. The Morgan fingerprint density at radius 1 is 1.29 bits per heavy atom. The fraction of sp³-hybridized carbons (Fsp3) is 0.500. The maximum Gasteiger partial charge on any atom is 0.0508 e. The monoisotopic (exact) mass is 347 g/mol. The largest absolute Gasteiger partial charge is 0.405 e. The van der Waals surface area contributed by atoms with Crippen molar-refractivity contribution in [3.05, 3.63) is 47.7 Å². The Labute approximate surface area is 153 Å². The summed E-state index contributed by atoms with van der Waals surface area (Å²) in [6, 6.07) is 4.35. The van der Waals surface area contributed by atoms with Gasteiger partial charge in [0.2, 0.25) is 0 Å². The molecule has 1 aromatic rings. The molecule has 1 aromatic carbocycles. The van der Waals surface area contributed by atoms with Crippen LogP contribution in [0.25, 0.3) is 0 Å². The Morgan fingerprint density at radius 2 is 2.00 bits per heavy atom. The summed E-state index contributed by atoms with van der Waals surface area (Å²) < 4.78 is 0. The number of anilines is 1. The second kappa shape index (κ2) is 9.80. The van der Waals surface area contributed by atoms with E-state index in [1.165, 1.54) is 11.1 Å². The smallest absolute Gasteiger partial charge is 0.0508 e. The Kier molecular flexibility index (Phi) is 8.43. The van der Waals surface area contributed by atoms with Crippen molar-refractivity contribution in [3.8, 4) is 0 Å². The lowest BCUT2D eigenvalue weighted by atomic mass is 9.88. The van der Waals surface area contributed by atoms with Crippen LogP contribution in [0.3, 0.4) is 0 Å². The van der Waals surface area contributed by atoms with E-state index in [1.807, 2.05) is 6.08 Å². The molecule has 0 saturated carbocycles. The minimum absolute atomic E-state index is 0.0254. The predicted molar refractivity (Wildman–Crippen MR) is 110 cm³/mol. The zero-order chi connectivity index (χ0) is 18.2. The van der Waals surface area contributed by atoms with Crippen molar-refractivity contribution in [1.82, 2.24) is 5.32 Å². The van der Waals surface area contributed by atoms with Crippen LogP contribution in [0.2, 0.25) is 0 Å². The molecule has 0 aromatic heterocycles. The number of hydrogen-bond acceptors (Lipinski definition) is 4. The van der Waals surface area contributed by atoms with Crippen LogP contribution in [0.15, 0.2) is 41.5 Å². The van der Waals surface area contributed by atoms with Crippen LogP contribution in [0.1, 0.15) is 45.2 Å². The van der Waals surface area contributed by atoms with Gasteiger partial charge in [0, 0.05) is 23.5 Å². The summed E-state index contributed by atoms with van der Waals surface area (Å²) in [5, 5.41) is 7.07. The van der Waals surface area contributed by atoms with Crippen molar-refractivity contribution in [3.63, 3.8) is 0 Å². The quantitative estimate of drug-likeness (QED) is 0.389. The summed E-state index contributed by atoms with van der Waals surface area (Å²) in [6.45, 7) is 12.5. The number of thiol groups is 1. The molecule has 1 unspecified atom stereocenters. The minimum Gasteiger partial charge on any atom is -0.405 e. The van der Waals surface area contributed by atoms with E-state index in [1.54, 1.807) is 6.20 Å². The zero-order valence-corrected chi connectivity index (χ0v) is 16.6. The van der Waals surface area contributed by atoms with E-state index in [-0.39, 0.29) is 5.54 Å². The second-order valence-corrected chi connectivity index (χ2v) is 7.30. The van der Waals surface area contributed by atoms with E-state index in [9.17, 15) is 0 Å². The van der Waals surface area contributed by atoms with Gasteiger partial charge in [-0.2, -0.15) is 0 Å². The van der Waals surface area contributed by atoms with Gasteiger partial charge in [0.25, 0.3) is 0 Å².